The fourth-order valence-corrected chi connectivity index (χ4v) is 2.73. The lowest BCUT2D eigenvalue weighted by molar-refractivity contribution is -0.137. The molecule has 0 unspecified atom stereocenters. The van der Waals surface area contributed by atoms with Gasteiger partial charge in [0.1, 0.15) is 0 Å². The second kappa shape index (κ2) is 7.06. The van der Waals surface area contributed by atoms with E-state index in [0.717, 1.165) is 0 Å². The number of carbonyl (C=O) groups is 2. The quantitative estimate of drug-likeness (QED) is 0.779. The summed E-state index contributed by atoms with van der Waals surface area (Å²) in [5, 5.41) is 0.715. The predicted octanol–water partition coefficient (Wildman–Crippen LogP) is 3.14. The fourth-order valence-electron chi connectivity index (χ4n) is 2.42. The monoisotopic (exact) mass is 355 g/mol. The normalized spacial score (nSPS) is 14.9. The van der Waals surface area contributed by atoms with Crippen molar-refractivity contribution in [3.05, 3.63) is 57.4 Å². The highest BCUT2D eigenvalue weighted by molar-refractivity contribution is 6.42. The Labute approximate surface area is 144 Å². The molecule has 0 amide bonds. The third-order valence-electron chi connectivity index (χ3n) is 3.43. The van der Waals surface area contributed by atoms with Gasteiger partial charge in [-0.2, -0.15) is 0 Å². The van der Waals surface area contributed by atoms with E-state index in [1.165, 1.54) is 14.2 Å². The zero-order valence-corrected chi connectivity index (χ0v) is 14.3. The molecule has 1 aromatic rings. The van der Waals surface area contributed by atoms with Crippen LogP contribution in [0, 0.1) is 0 Å². The molecule has 0 radical (unpaired) electrons. The van der Waals surface area contributed by atoms with Crippen LogP contribution in [0.15, 0.2) is 41.7 Å². The van der Waals surface area contributed by atoms with Gasteiger partial charge in [0.2, 0.25) is 0 Å². The lowest BCUT2D eigenvalue weighted by Gasteiger charge is -2.28. The SMILES string of the molecule is COC(=O)C1=CN(C)C=C(C(=O)OC)C1c1ccc(Cl)c(Cl)c1. The van der Waals surface area contributed by atoms with Crippen LogP contribution in [-0.4, -0.2) is 38.1 Å². The molecule has 1 aliphatic heterocycles. The van der Waals surface area contributed by atoms with Gasteiger partial charge in [-0.3, -0.25) is 0 Å². The summed E-state index contributed by atoms with van der Waals surface area (Å²) in [5.41, 5.74) is 1.24. The van der Waals surface area contributed by atoms with Crippen molar-refractivity contribution in [3.8, 4) is 0 Å². The van der Waals surface area contributed by atoms with Gasteiger partial charge in [-0.05, 0) is 17.7 Å². The molecule has 0 saturated carbocycles. The Morgan fingerprint density at radius 2 is 1.52 bits per heavy atom. The van der Waals surface area contributed by atoms with Crippen molar-refractivity contribution in [2.75, 3.05) is 21.3 Å². The van der Waals surface area contributed by atoms with Gasteiger partial charge in [-0.25, -0.2) is 9.59 Å². The first-order valence-corrected chi connectivity index (χ1v) is 7.41. The van der Waals surface area contributed by atoms with Crippen LogP contribution in [0.1, 0.15) is 11.5 Å². The number of esters is 2. The van der Waals surface area contributed by atoms with Crippen molar-refractivity contribution in [1.82, 2.24) is 4.90 Å². The highest BCUT2D eigenvalue weighted by Gasteiger charge is 2.34. The number of rotatable bonds is 3. The smallest absolute Gasteiger partial charge is 0.336 e. The van der Waals surface area contributed by atoms with Crippen LogP contribution in [0.2, 0.25) is 10.0 Å². The molecule has 0 spiro atoms. The second-order valence-corrected chi connectivity index (χ2v) is 5.74. The van der Waals surface area contributed by atoms with Crippen molar-refractivity contribution in [1.29, 1.82) is 0 Å². The summed E-state index contributed by atoms with van der Waals surface area (Å²) < 4.78 is 9.67. The van der Waals surface area contributed by atoms with Gasteiger partial charge in [-0.15, -0.1) is 0 Å². The molecule has 0 fully saturated rings. The molecule has 7 heteroatoms. The maximum atomic E-state index is 12.1. The molecular weight excluding hydrogens is 341 g/mol. The lowest BCUT2D eigenvalue weighted by Crippen LogP contribution is -2.27. The average Bonchev–Trinajstić information content (AvgIpc) is 2.55. The molecule has 0 aromatic heterocycles. The zero-order valence-electron chi connectivity index (χ0n) is 12.8. The Morgan fingerprint density at radius 1 is 1.00 bits per heavy atom. The summed E-state index contributed by atoms with van der Waals surface area (Å²) in [5.74, 6) is -1.73. The molecule has 1 heterocycles. The summed E-state index contributed by atoms with van der Waals surface area (Å²) in [7, 11) is 4.27. The first-order chi connectivity index (χ1) is 10.9. The molecule has 0 bridgehead atoms. The molecule has 1 aromatic carbocycles. The number of methoxy groups -OCH3 is 2. The van der Waals surface area contributed by atoms with Crippen LogP contribution in [0.3, 0.4) is 0 Å². The predicted molar refractivity (Wildman–Crippen MR) is 87.2 cm³/mol. The number of nitrogens with zero attached hydrogens (tertiary/aromatic N) is 1. The van der Waals surface area contributed by atoms with Gasteiger partial charge in [0.15, 0.2) is 0 Å². The molecule has 0 atom stereocenters. The fraction of sp³-hybridized carbons (Fsp3) is 0.250. The molecule has 1 aliphatic rings. The van der Waals surface area contributed by atoms with Crippen LogP contribution < -0.4 is 0 Å². The molecule has 0 N–H and O–H groups in total. The highest BCUT2D eigenvalue weighted by Crippen LogP contribution is 2.38. The molecule has 23 heavy (non-hydrogen) atoms. The van der Waals surface area contributed by atoms with E-state index in [0.29, 0.717) is 26.8 Å². The van der Waals surface area contributed by atoms with Crippen molar-refractivity contribution in [3.63, 3.8) is 0 Å². The van der Waals surface area contributed by atoms with Gasteiger partial charge in [0.25, 0.3) is 0 Å². The largest absolute Gasteiger partial charge is 0.466 e. The first kappa shape index (κ1) is 17.4. The number of ether oxygens (including phenoxy) is 2. The second-order valence-electron chi connectivity index (χ2n) is 4.92. The van der Waals surface area contributed by atoms with Gasteiger partial charge >= 0.3 is 11.9 Å². The topological polar surface area (TPSA) is 55.8 Å². The Hall–Kier alpha value is -1.98. The van der Waals surface area contributed by atoms with Gasteiger partial charge in [0.05, 0.1) is 41.3 Å². The van der Waals surface area contributed by atoms with E-state index >= 15 is 0 Å². The van der Waals surface area contributed by atoms with Gasteiger partial charge in [-0.1, -0.05) is 29.3 Å². The Morgan fingerprint density at radius 3 is 1.96 bits per heavy atom. The van der Waals surface area contributed by atoms with E-state index < -0.39 is 17.9 Å². The third kappa shape index (κ3) is 3.51. The van der Waals surface area contributed by atoms with E-state index in [2.05, 4.69) is 0 Å². The third-order valence-corrected chi connectivity index (χ3v) is 4.17. The minimum Gasteiger partial charge on any atom is -0.466 e. The molecule has 5 nitrogen and oxygen atoms in total. The standard InChI is InChI=1S/C16H15Cl2NO4/c1-19-7-10(15(20)22-2)14(11(8-19)16(21)23-3)9-4-5-12(17)13(18)6-9/h4-8,14H,1-3H3. The number of benzene rings is 1. The van der Waals surface area contributed by atoms with Crippen LogP contribution in [0.4, 0.5) is 0 Å². The first-order valence-electron chi connectivity index (χ1n) is 6.66. The van der Waals surface area contributed by atoms with E-state index in [-0.39, 0.29) is 0 Å². The van der Waals surface area contributed by atoms with E-state index in [4.69, 9.17) is 32.7 Å². The minimum absolute atomic E-state index is 0.302. The van der Waals surface area contributed by atoms with Crippen molar-refractivity contribution >= 4 is 35.1 Å². The highest BCUT2D eigenvalue weighted by atomic mass is 35.5. The summed E-state index contributed by atoms with van der Waals surface area (Å²) in [6.07, 6.45) is 3.21. The molecule has 0 aliphatic carbocycles. The van der Waals surface area contributed by atoms with Crippen LogP contribution in [0.25, 0.3) is 0 Å². The number of hydrogen-bond donors (Lipinski definition) is 0. The Kier molecular flexibility index (Phi) is 5.34. The van der Waals surface area contributed by atoms with Gasteiger partial charge in [0, 0.05) is 19.4 Å². The Balaban J connectivity index is 2.60. The number of hydrogen-bond acceptors (Lipinski definition) is 5. The average molecular weight is 356 g/mol. The van der Waals surface area contributed by atoms with Crippen molar-refractivity contribution in [2.24, 2.45) is 0 Å². The van der Waals surface area contributed by atoms with E-state index in [1.807, 2.05) is 0 Å². The molecule has 122 valence electrons. The van der Waals surface area contributed by atoms with Gasteiger partial charge < -0.3 is 14.4 Å². The van der Waals surface area contributed by atoms with E-state index in [1.54, 1.807) is 42.5 Å². The van der Waals surface area contributed by atoms with Crippen molar-refractivity contribution in [2.45, 2.75) is 5.92 Å². The lowest BCUT2D eigenvalue weighted by atomic mass is 9.83. The van der Waals surface area contributed by atoms with Crippen LogP contribution in [0.5, 0.6) is 0 Å². The van der Waals surface area contributed by atoms with Crippen molar-refractivity contribution < 1.29 is 19.1 Å². The molecule has 2 rings (SSSR count). The van der Waals surface area contributed by atoms with Crippen LogP contribution >= 0.6 is 23.2 Å². The maximum Gasteiger partial charge on any atom is 0.336 e. The summed E-state index contributed by atoms with van der Waals surface area (Å²) in [6, 6.07) is 4.94. The zero-order chi connectivity index (χ0) is 17.1. The minimum atomic E-state index is -0.652. The molecular formula is C16H15Cl2NO4. The summed E-state index contributed by atoms with van der Waals surface area (Å²) >= 11 is 12.0. The van der Waals surface area contributed by atoms with Crippen LogP contribution in [-0.2, 0) is 19.1 Å². The molecule has 0 saturated heterocycles. The number of halogens is 2. The Bertz CT molecular complexity index is 678. The maximum absolute atomic E-state index is 12.1. The number of carbonyl (C=O) groups excluding carboxylic acids is 2. The summed E-state index contributed by atoms with van der Waals surface area (Å²) in [6.45, 7) is 0. The van der Waals surface area contributed by atoms with E-state index in [9.17, 15) is 9.59 Å². The summed E-state index contributed by atoms with van der Waals surface area (Å²) in [4.78, 5) is 25.9.